The van der Waals surface area contributed by atoms with Crippen LogP contribution in [-0.4, -0.2) is 90.8 Å². The number of anilines is 1. The van der Waals surface area contributed by atoms with E-state index in [-0.39, 0.29) is 24.1 Å². The topological polar surface area (TPSA) is 85.0 Å². The molecular formula is C22H33N5O3. The first-order valence-corrected chi connectivity index (χ1v) is 10.8. The maximum atomic E-state index is 13.0. The molecular weight excluding hydrogens is 382 g/mol. The fourth-order valence-corrected chi connectivity index (χ4v) is 4.09. The average molecular weight is 416 g/mol. The minimum atomic E-state index is -0.770. The number of carbonyl (C=O) groups excluding carboxylic acids is 3. The van der Waals surface area contributed by atoms with Gasteiger partial charge < -0.3 is 20.4 Å². The van der Waals surface area contributed by atoms with Gasteiger partial charge in [0.1, 0.15) is 6.04 Å². The number of nitrogens with one attached hydrogen (secondary N) is 2. The molecule has 3 rings (SSSR count). The van der Waals surface area contributed by atoms with Crippen LogP contribution in [0.25, 0.3) is 0 Å². The Kier molecular flexibility index (Phi) is 7.44. The Morgan fingerprint density at radius 3 is 2.47 bits per heavy atom. The van der Waals surface area contributed by atoms with Crippen molar-refractivity contribution in [2.45, 2.75) is 33.2 Å². The van der Waals surface area contributed by atoms with Gasteiger partial charge in [-0.2, -0.15) is 0 Å². The molecule has 2 heterocycles. The van der Waals surface area contributed by atoms with Crippen molar-refractivity contribution in [3.8, 4) is 0 Å². The molecule has 1 unspecified atom stereocenters. The molecule has 2 fully saturated rings. The molecule has 164 valence electrons. The zero-order valence-electron chi connectivity index (χ0n) is 18.2. The molecule has 1 aromatic carbocycles. The number of aryl methyl sites for hydroxylation is 2. The van der Waals surface area contributed by atoms with Crippen molar-refractivity contribution in [3.63, 3.8) is 0 Å². The molecule has 0 aromatic heterocycles. The minimum absolute atomic E-state index is 0.0471. The zero-order chi connectivity index (χ0) is 21.7. The lowest BCUT2D eigenvalue weighted by atomic mass is 10.1. The Hall–Kier alpha value is -2.45. The van der Waals surface area contributed by atoms with Gasteiger partial charge >= 0.3 is 0 Å². The summed E-state index contributed by atoms with van der Waals surface area (Å²) in [5.41, 5.74) is 2.82. The molecule has 1 atom stereocenters. The van der Waals surface area contributed by atoms with Crippen LogP contribution in [-0.2, 0) is 14.4 Å². The molecule has 0 bridgehead atoms. The van der Waals surface area contributed by atoms with Crippen LogP contribution in [0.4, 0.5) is 5.69 Å². The fraction of sp³-hybridized carbons (Fsp3) is 0.591. The fourth-order valence-electron chi connectivity index (χ4n) is 4.09. The molecule has 8 heteroatoms. The first-order valence-electron chi connectivity index (χ1n) is 10.8. The first-order chi connectivity index (χ1) is 14.4. The third-order valence-electron chi connectivity index (χ3n) is 5.96. The number of hydrogen-bond acceptors (Lipinski definition) is 5. The van der Waals surface area contributed by atoms with Crippen molar-refractivity contribution in [1.29, 1.82) is 0 Å². The van der Waals surface area contributed by atoms with E-state index in [1.807, 2.05) is 32.0 Å². The molecule has 2 aliphatic rings. The number of hydrogen-bond donors (Lipinski definition) is 2. The summed E-state index contributed by atoms with van der Waals surface area (Å²) in [4.78, 5) is 44.2. The number of benzene rings is 1. The summed E-state index contributed by atoms with van der Waals surface area (Å²) < 4.78 is 0. The number of likely N-dealkylation sites (N-methyl/N-ethyl adjacent to an activating group) is 1. The number of rotatable bonds is 6. The average Bonchev–Trinajstić information content (AvgIpc) is 2.72. The van der Waals surface area contributed by atoms with Gasteiger partial charge in [0.15, 0.2) is 0 Å². The highest BCUT2D eigenvalue weighted by Crippen LogP contribution is 2.18. The molecule has 2 saturated heterocycles. The molecule has 0 saturated carbocycles. The number of carbonyl (C=O) groups is 3. The molecule has 2 aliphatic heterocycles. The quantitative estimate of drug-likeness (QED) is 0.711. The Morgan fingerprint density at radius 1 is 1.10 bits per heavy atom. The Morgan fingerprint density at radius 2 is 1.80 bits per heavy atom. The smallest absolute Gasteiger partial charge is 0.243 e. The lowest BCUT2D eigenvalue weighted by Gasteiger charge is -2.38. The summed E-state index contributed by atoms with van der Waals surface area (Å²) in [5, 5.41) is 5.67. The van der Waals surface area contributed by atoms with Gasteiger partial charge in [-0.1, -0.05) is 24.6 Å². The minimum Gasteiger partial charge on any atom is -0.353 e. The van der Waals surface area contributed by atoms with Crippen molar-refractivity contribution in [1.82, 2.24) is 20.0 Å². The van der Waals surface area contributed by atoms with Gasteiger partial charge in [-0.3, -0.25) is 19.3 Å². The van der Waals surface area contributed by atoms with Gasteiger partial charge in [0.25, 0.3) is 0 Å². The van der Waals surface area contributed by atoms with Crippen molar-refractivity contribution in [3.05, 3.63) is 29.3 Å². The van der Waals surface area contributed by atoms with Gasteiger partial charge in [-0.05, 0) is 32.0 Å². The highest BCUT2D eigenvalue weighted by atomic mass is 16.2. The molecule has 2 N–H and O–H groups in total. The van der Waals surface area contributed by atoms with Crippen LogP contribution in [0, 0.1) is 13.8 Å². The summed E-state index contributed by atoms with van der Waals surface area (Å²) in [6, 6.07) is 5.03. The van der Waals surface area contributed by atoms with E-state index < -0.39 is 6.04 Å². The van der Waals surface area contributed by atoms with Crippen LogP contribution in [0.5, 0.6) is 0 Å². The van der Waals surface area contributed by atoms with E-state index in [2.05, 4.69) is 27.4 Å². The van der Waals surface area contributed by atoms with Crippen molar-refractivity contribution < 1.29 is 14.4 Å². The van der Waals surface area contributed by atoms with Crippen LogP contribution in [0.15, 0.2) is 18.2 Å². The summed E-state index contributed by atoms with van der Waals surface area (Å²) in [5.74, 6) is -0.612. The highest BCUT2D eigenvalue weighted by molar-refractivity contribution is 5.98. The molecule has 1 aromatic rings. The van der Waals surface area contributed by atoms with Crippen LogP contribution in [0.3, 0.4) is 0 Å². The normalized spacial score (nSPS) is 20.7. The number of amides is 3. The lowest BCUT2D eigenvalue weighted by molar-refractivity contribution is -0.145. The monoisotopic (exact) mass is 415 g/mol. The van der Waals surface area contributed by atoms with Crippen LogP contribution in [0.1, 0.15) is 24.5 Å². The molecule has 0 spiro atoms. The van der Waals surface area contributed by atoms with Crippen LogP contribution < -0.4 is 10.6 Å². The van der Waals surface area contributed by atoms with Crippen molar-refractivity contribution in [2.24, 2.45) is 0 Å². The maximum Gasteiger partial charge on any atom is 0.243 e. The zero-order valence-corrected chi connectivity index (χ0v) is 18.2. The van der Waals surface area contributed by atoms with E-state index in [4.69, 9.17) is 0 Å². The SMILES string of the molecule is CCN1CCN(CC(=O)N2CCNC(=O)C2CC(=O)Nc2ccc(C)cc2C)CC1. The van der Waals surface area contributed by atoms with E-state index >= 15 is 0 Å². The molecule has 8 nitrogen and oxygen atoms in total. The summed E-state index contributed by atoms with van der Waals surface area (Å²) in [6.45, 7) is 11.8. The standard InChI is InChI=1S/C22H33N5O3/c1-4-25-9-11-26(12-10-25)15-21(29)27-8-7-23-22(30)19(27)14-20(28)24-18-6-5-16(2)13-17(18)3/h5-6,13,19H,4,7-12,14-15H2,1-3H3,(H,23,30)(H,24,28). The Bertz CT molecular complexity index is 789. The second kappa shape index (κ2) is 10.0. The van der Waals surface area contributed by atoms with Crippen LogP contribution in [0.2, 0.25) is 0 Å². The van der Waals surface area contributed by atoms with E-state index in [0.29, 0.717) is 19.6 Å². The first kappa shape index (κ1) is 22.2. The van der Waals surface area contributed by atoms with Gasteiger partial charge in [0, 0.05) is 45.0 Å². The van der Waals surface area contributed by atoms with Crippen molar-refractivity contribution >= 4 is 23.4 Å². The Labute approximate surface area is 178 Å². The van der Waals surface area contributed by atoms with Gasteiger partial charge in [0.2, 0.25) is 17.7 Å². The lowest BCUT2D eigenvalue weighted by Crippen LogP contribution is -2.60. The van der Waals surface area contributed by atoms with Gasteiger partial charge in [-0.25, -0.2) is 0 Å². The van der Waals surface area contributed by atoms with E-state index in [1.54, 1.807) is 4.90 Å². The third kappa shape index (κ3) is 5.58. The molecule has 30 heavy (non-hydrogen) atoms. The molecule has 3 amide bonds. The molecule has 0 radical (unpaired) electrons. The van der Waals surface area contributed by atoms with Crippen LogP contribution >= 0.6 is 0 Å². The number of nitrogens with zero attached hydrogens (tertiary/aromatic N) is 3. The summed E-state index contributed by atoms with van der Waals surface area (Å²) in [7, 11) is 0. The largest absolute Gasteiger partial charge is 0.353 e. The maximum absolute atomic E-state index is 13.0. The second-order valence-corrected chi connectivity index (χ2v) is 8.18. The molecule has 0 aliphatic carbocycles. The third-order valence-corrected chi connectivity index (χ3v) is 5.96. The van der Waals surface area contributed by atoms with Gasteiger partial charge in [0.05, 0.1) is 13.0 Å². The summed E-state index contributed by atoms with van der Waals surface area (Å²) in [6.07, 6.45) is -0.0471. The predicted octanol–water partition coefficient (Wildman–Crippen LogP) is 0.597. The van der Waals surface area contributed by atoms with E-state index in [0.717, 1.165) is 49.5 Å². The van der Waals surface area contributed by atoms with Gasteiger partial charge in [-0.15, -0.1) is 0 Å². The summed E-state index contributed by atoms with van der Waals surface area (Å²) >= 11 is 0. The van der Waals surface area contributed by atoms with E-state index in [9.17, 15) is 14.4 Å². The second-order valence-electron chi connectivity index (χ2n) is 8.18. The number of piperazine rings is 2. The predicted molar refractivity (Wildman–Crippen MR) is 116 cm³/mol. The Balaban J connectivity index is 1.60. The highest BCUT2D eigenvalue weighted by Gasteiger charge is 2.35. The van der Waals surface area contributed by atoms with Crippen molar-refractivity contribution in [2.75, 3.05) is 57.7 Å². The van der Waals surface area contributed by atoms with E-state index in [1.165, 1.54) is 0 Å².